The number of ether oxygens (including phenoxy) is 3. The molecule has 0 radical (unpaired) electrons. The third-order valence-electron chi connectivity index (χ3n) is 6.48. The molecule has 0 aliphatic carbocycles. The number of nitrogens with one attached hydrogen (secondary N) is 1. The number of aliphatic hydroxyl groups is 1. The molecular weight excluding hydrogens is 521 g/mol. The first-order valence-electron chi connectivity index (χ1n) is 12.0. The van der Waals surface area contributed by atoms with Gasteiger partial charge in [-0.3, -0.25) is 9.29 Å². The molecule has 2 fully saturated rings. The van der Waals surface area contributed by atoms with Crippen LogP contribution in [0.4, 0.5) is 16.3 Å². The number of anilines is 2. The number of nitrogens with zero attached hydrogens (tertiary/aromatic N) is 6. The van der Waals surface area contributed by atoms with Gasteiger partial charge in [0.05, 0.1) is 32.7 Å². The van der Waals surface area contributed by atoms with Crippen molar-refractivity contribution in [3.8, 4) is 17.2 Å². The standard InChI is InChI=1S/C23H28FN7O6S/c1-35-17-5-3-6-18(36-2)20(17)31-21(19-7-4-8-37-19)27-28-23(31)29-38(33,34)16-9-15(32)12-30(13-16)22-25-10-14(24)11-26-22/h3,5-6,10-11,15-16,19,32H,4,7-9,12-13H2,1-2H3,(H,28,29)/t15-,16-,19+/m0/s1. The van der Waals surface area contributed by atoms with Gasteiger partial charge < -0.3 is 24.2 Å². The number of piperidine rings is 1. The molecule has 3 atom stereocenters. The summed E-state index contributed by atoms with van der Waals surface area (Å²) < 4.78 is 61.6. The van der Waals surface area contributed by atoms with Crippen molar-refractivity contribution < 1.29 is 32.1 Å². The van der Waals surface area contributed by atoms with Gasteiger partial charge in [-0.05, 0) is 31.4 Å². The Kier molecular flexibility index (Phi) is 7.32. The van der Waals surface area contributed by atoms with Crippen LogP contribution in [0.25, 0.3) is 5.69 Å². The number of aromatic nitrogens is 5. The van der Waals surface area contributed by atoms with Gasteiger partial charge in [0.2, 0.25) is 21.9 Å². The van der Waals surface area contributed by atoms with Gasteiger partial charge in [0.1, 0.15) is 28.5 Å². The first-order valence-corrected chi connectivity index (χ1v) is 13.6. The Labute approximate surface area is 218 Å². The molecule has 2 aromatic heterocycles. The number of hydrogen-bond acceptors (Lipinski definition) is 11. The topological polar surface area (TPSA) is 154 Å². The molecule has 5 rings (SSSR count). The lowest BCUT2D eigenvalue weighted by Gasteiger charge is -2.35. The fourth-order valence-electron chi connectivity index (χ4n) is 4.72. The second-order valence-corrected chi connectivity index (χ2v) is 11.0. The molecule has 2 N–H and O–H groups in total. The molecule has 0 saturated carbocycles. The fraction of sp³-hybridized carbons (Fsp3) is 0.478. The van der Waals surface area contributed by atoms with Crippen molar-refractivity contribution >= 4 is 21.9 Å². The van der Waals surface area contributed by atoms with Crippen LogP contribution in [0.1, 0.15) is 31.2 Å². The molecule has 1 aromatic carbocycles. The number of sulfonamides is 1. The highest BCUT2D eigenvalue weighted by Crippen LogP contribution is 2.39. The molecule has 0 bridgehead atoms. The second-order valence-electron chi connectivity index (χ2n) is 8.99. The van der Waals surface area contributed by atoms with Crippen molar-refractivity contribution in [3.63, 3.8) is 0 Å². The lowest BCUT2D eigenvalue weighted by Crippen LogP contribution is -2.50. The summed E-state index contributed by atoms with van der Waals surface area (Å²) >= 11 is 0. The smallest absolute Gasteiger partial charge is 0.243 e. The van der Waals surface area contributed by atoms with Crippen molar-refractivity contribution in [2.24, 2.45) is 0 Å². The first-order chi connectivity index (χ1) is 18.3. The van der Waals surface area contributed by atoms with Crippen molar-refractivity contribution in [2.45, 2.75) is 36.7 Å². The van der Waals surface area contributed by atoms with Crippen molar-refractivity contribution in [3.05, 3.63) is 42.2 Å². The molecule has 0 unspecified atom stereocenters. The predicted molar refractivity (Wildman–Crippen MR) is 134 cm³/mol. The quantitative estimate of drug-likeness (QED) is 0.420. The van der Waals surface area contributed by atoms with E-state index in [4.69, 9.17) is 14.2 Å². The van der Waals surface area contributed by atoms with Crippen LogP contribution in [-0.4, -0.2) is 83.5 Å². The van der Waals surface area contributed by atoms with Gasteiger partial charge in [-0.15, -0.1) is 10.2 Å². The van der Waals surface area contributed by atoms with Crippen molar-refractivity contribution in [1.29, 1.82) is 0 Å². The van der Waals surface area contributed by atoms with Crippen LogP contribution in [-0.2, 0) is 14.8 Å². The number of rotatable bonds is 8. The van der Waals surface area contributed by atoms with E-state index in [1.54, 1.807) is 18.2 Å². The SMILES string of the molecule is COc1cccc(OC)c1-n1c(NS(=O)(=O)[C@H]2C[C@H](O)CN(c3ncc(F)cn3)C2)nnc1[C@H]1CCCO1. The van der Waals surface area contributed by atoms with Crippen molar-refractivity contribution in [2.75, 3.05) is 43.5 Å². The number of aliphatic hydroxyl groups excluding tert-OH is 1. The molecule has 0 spiro atoms. The van der Waals surface area contributed by atoms with E-state index in [1.165, 1.54) is 23.7 Å². The van der Waals surface area contributed by atoms with Crippen LogP contribution < -0.4 is 19.1 Å². The minimum absolute atomic E-state index is 0.0251. The summed E-state index contributed by atoms with van der Waals surface area (Å²) in [4.78, 5) is 9.35. The number of methoxy groups -OCH3 is 2. The maximum Gasteiger partial charge on any atom is 0.243 e. The van der Waals surface area contributed by atoms with Gasteiger partial charge in [0, 0.05) is 19.7 Å². The largest absolute Gasteiger partial charge is 0.494 e. The Morgan fingerprint density at radius 1 is 1.13 bits per heavy atom. The van der Waals surface area contributed by atoms with Crippen LogP contribution >= 0.6 is 0 Å². The zero-order chi connectivity index (χ0) is 26.9. The van der Waals surface area contributed by atoms with Crippen LogP contribution in [0.15, 0.2) is 30.6 Å². The zero-order valence-electron chi connectivity index (χ0n) is 20.8. The lowest BCUT2D eigenvalue weighted by molar-refractivity contribution is 0.103. The minimum atomic E-state index is -4.13. The molecule has 2 aliphatic heterocycles. The van der Waals surface area contributed by atoms with E-state index in [0.717, 1.165) is 18.8 Å². The van der Waals surface area contributed by atoms with Gasteiger partial charge >= 0.3 is 0 Å². The highest BCUT2D eigenvalue weighted by molar-refractivity contribution is 7.93. The van der Waals surface area contributed by atoms with E-state index in [1.807, 2.05) is 0 Å². The highest BCUT2D eigenvalue weighted by atomic mass is 32.2. The van der Waals surface area contributed by atoms with Crippen LogP contribution in [0.3, 0.4) is 0 Å². The van der Waals surface area contributed by atoms with Crippen LogP contribution in [0.2, 0.25) is 0 Å². The molecule has 0 amide bonds. The Hall–Kier alpha value is -3.56. The third-order valence-corrected chi connectivity index (χ3v) is 8.17. The summed E-state index contributed by atoms with van der Waals surface area (Å²) in [5.74, 6) is 0.641. The van der Waals surface area contributed by atoms with E-state index < -0.39 is 33.3 Å². The molecule has 2 aliphatic rings. The van der Waals surface area contributed by atoms with Crippen LogP contribution in [0.5, 0.6) is 11.5 Å². The fourth-order valence-corrected chi connectivity index (χ4v) is 6.12. The molecule has 3 aromatic rings. The van der Waals surface area contributed by atoms with Gasteiger partial charge in [-0.1, -0.05) is 6.07 Å². The summed E-state index contributed by atoms with van der Waals surface area (Å²) in [6, 6.07) is 5.18. The van der Waals surface area contributed by atoms with E-state index in [-0.39, 0.29) is 31.4 Å². The number of para-hydroxylation sites is 1. The molecule has 4 heterocycles. The molecule has 15 heteroatoms. The summed E-state index contributed by atoms with van der Waals surface area (Å²) in [5.41, 5.74) is 0.413. The summed E-state index contributed by atoms with van der Waals surface area (Å²) in [7, 11) is -1.14. The van der Waals surface area contributed by atoms with Gasteiger partial charge in [0.25, 0.3) is 0 Å². The third kappa shape index (κ3) is 5.08. The maximum atomic E-state index is 13.6. The molecule has 204 valence electrons. The lowest BCUT2D eigenvalue weighted by atomic mass is 10.1. The van der Waals surface area contributed by atoms with E-state index in [9.17, 15) is 17.9 Å². The number of hydrogen-bond donors (Lipinski definition) is 2. The van der Waals surface area contributed by atoms with E-state index >= 15 is 0 Å². The highest BCUT2D eigenvalue weighted by Gasteiger charge is 2.38. The monoisotopic (exact) mass is 549 g/mol. The average Bonchev–Trinajstić information content (AvgIpc) is 3.58. The van der Waals surface area contributed by atoms with E-state index in [2.05, 4.69) is 24.9 Å². The Morgan fingerprint density at radius 2 is 1.84 bits per heavy atom. The van der Waals surface area contributed by atoms with Gasteiger partial charge in [-0.25, -0.2) is 22.8 Å². The zero-order valence-corrected chi connectivity index (χ0v) is 21.6. The number of halogens is 1. The normalized spacial score (nSPS) is 21.9. The summed E-state index contributed by atoms with van der Waals surface area (Å²) in [6.07, 6.45) is 2.07. The Bertz CT molecular complexity index is 1360. The first kappa shape index (κ1) is 26.1. The Morgan fingerprint density at radius 3 is 2.47 bits per heavy atom. The van der Waals surface area contributed by atoms with Gasteiger partial charge in [0.15, 0.2) is 11.6 Å². The van der Waals surface area contributed by atoms with Crippen LogP contribution in [0, 0.1) is 5.82 Å². The summed E-state index contributed by atoms with van der Waals surface area (Å²) in [6.45, 7) is 0.626. The predicted octanol–water partition coefficient (Wildman–Crippen LogP) is 1.45. The molecule has 38 heavy (non-hydrogen) atoms. The maximum absolute atomic E-state index is 13.6. The second kappa shape index (κ2) is 10.7. The van der Waals surface area contributed by atoms with Crippen molar-refractivity contribution in [1.82, 2.24) is 24.7 Å². The Balaban J connectivity index is 1.51. The number of benzene rings is 1. The average molecular weight is 550 g/mol. The minimum Gasteiger partial charge on any atom is -0.494 e. The molecular formula is C23H28FN7O6S. The molecule has 2 saturated heterocycles. The number of β-amino-alcohol motifs (C(OH)–C–C–N with tert-alkyl or cyclic N) is 1. The molecule has 13 nitrogen and oxygen atoms in total. The summed E-state index contributed by atoms with van der Waals surface area (Å²) in [5, 5.41) is 17.8. The van der Waals surface area contributed by atoms with E-state index in [0.29, 0.717) is 36.0 Å². The van der Waals surface area contributed by atoms with Gasteiger partial charge in [-0.2, -0.15) is 0 Å².